The number of aryl methyl sites for hydroxylation is 3. The van der Waals surface area contributed by atoms with Crippen LogP contribution in [0.25, 0.3) is 0 Å². The van der Waals surface area contributed by atoms with E-state index in [0.29, 0.717) is 0 Å². The fraction of sp³-hybridized carbons (Fsp3) is 0.538. The van der Waals surface area contributed by atoms with E-state index in [2.05, 4.69) is 43.5 Å². The molecule has 0 bridgehead atoms. The molecule has 0 spiro atoms. The first-order valence-electron chi connectivity index (χ1n) is 5.57. The Morgan fingerprint density at radius 3 is 2.33 bits per heavy atom. The van der Waals surface area contributed by atoms with Crippen molar-refractivity contribution in [3.8, 4) is 0 Å². The van der Waals surface area contributed by atoms with Crippen LogP contribution in [-0.2, 0) is 6.42 Å². The summed E-state index contributed by atoms with van der Waals surface area (Å²) in [6, 6.07) is 4.59. The SMILES string of the molecule is CNCNCCc1cc(C)c(C)cc1C. The van der Waals surface area contributed by atoms with Crippen LogP contribution in [0, 0.1) is 20.8 Å². The second-order valence-corrected chi connectivity index (χ2v) is 4.14. The largest absolute Gasteiger partial charge is 0.308 e. The van der Waals surface area contributed by atoms with Crippen LogP contribution >= 0.6 is 0 Å². The van der Waals surface area contributed by atoms with Crippen LogP contribution in [0.4, 0.5) is 0 Å². The van der Waals surface area contributed by atoms with Gasteiger partial charge in [-0.1, -0.05) is 12.1 Å². The molecule has 2 heteroatoms. The van der Waals surface area contributed by atoms with Gasteiger partial charge in [-0.05, 0) is 56.5 Å². The molecule has 0 amide bonds. The Hall–Kier alpha value is -0.860. The van der Waals surface area contributed by atoms with Gasteiger partial charge >= 0.3 is 0 Å². The highest BCUT2D eigenvalue weighted by atomic mass is 15.0. The molecule has 0 aliphatic carbocycles. The molecule has 84 valence electrons. The fourth-order valence-electron chi connectivity index (χ4n) is 1.73. The molecule has 1 aromatic carbocycles. The third kappa shape index (κ3) is 3.65. The number of nitrogens with one attached hydrogen (secondary N) is 2. The Morgan fingerprint density at radius 1 is 1.00 bits per heavy atom. The zero-order valence-corrected chi connectivity index (χ0v) is 10.3. The van der Waals surface area contributed by atoms with E-state index in [9.17, 15) is 0 Å². The van der Waals surface area contributed by atoms with E-state index in [4.69, 9.17) is 0 Å². The lowest BCUT2D eigenvalue weighted by Crippen LogP contribution is -2.27. The van der Waals surface area contributed by atoms with E-state index < -0.39 is 0 Å². The highest BCUT2D eigenvalue weighted by Gasteiger charge is 2.01. The summed E-state index contributed by atoms with van der Waals surface area (Å²) < 4.78 is 0. The summed E-state index contributed by atoms with van der Waals surface area (Å²) in [4.78, 5) is 0. The molecule has 1 rings (SSSR count). The Labute approximate surface area is 93.1 Å². The lowest BCUT2D eigenvalue weighted by molar-refractivity contribution is 0.630. The Bertz CT molecular complexity index is 319. The summed E-state index contributed by atoms with van der Waals surface area (Å²) in [5.74, 6) is 0. The highest BCUT2D eigenvalue weighted by Crippen LogP contribution is 2.15. The van der Waals surface area contributed by atoms with Crippen molar-refractivity contribution in [1.29, 1.82) is 0 Å². The quantitative estimate of drug-likeness (QED) is 0.568. The molecule has 0 aliphatic heterocycles. The average Bonchev–Trinajstić information content (AvgIpc) is 2.20. The fourth-order valence-corrected chi connectivity index (χ4v) is 1.73. The number of rotatable bonds is 5. The van der Waals surface area contributed by atoms with Gasteiger partial charge in [-0.2, -0.15) is 0 Å². The molecule has 2 nitrogen and oxygen atoms in total. The molecule has 0 aromatic heterocycles. The van der Waals surface area contributed by atoms with E-state index in [0.717, 1.165) is 19.6 Å². The van der Waals surface area contributed by atoms with Crippen LogP contribution in [0.2, 0.25) is 0 Å². The van der Waals surface area contributed by atoms with Gasteiger partial charge in [0.15, 0.2) is 0 Å². The summed E-state index contributed by atoms with van der Waals surface area (Å²) in [5.41, 5.74) is 5.65. The molecular weight excluding hydrogens is 184 g/mol. The first kappa shape index (κ1) is 12.2. The van der Waals surface area contributed by atoms with Crippen LogP contribution in [0.1, 0.15) is 22.3 Å². The first-order chi connectivity index (χ1) is 7.15. The van der Waals surface area contributed by atoms with Crippen molar-refractivity contribution in [2.24, 2.45) is 0 Å². The topological polar surface area (TPSA) is 24.1 Å². The molecule has 0 unspecified atom stereocenters. The average molecular weight is 206 g/mol. The zero-order valence-electron chi connectivity index (χ0n) is 10.3. The van der Waals surface area contributed by atoms with Crippen molar-refractivity contribution < 1.29 is 0 Å². The van der Waals surface area contributed by atoms with Crippen molar-refractivity contribution in [2.45, 2.75) is 27.2 Å². The summed E-state index contributed by atoms with van der Waals surface area (Å²) in [7, 11) is 1.95. The monoisotopic (exact) mass is 206 g/mol. The van der Waals surface area contributed by atoms with Crippen LogP contribution in [-0.4, -0.2) is 20.3 Å². The van der Waals surface area contributed by atoms with Gasteiger partial charge in [-0.25, -0.2) is 0 Å². The van der Waals surface area contributed by atoms with Gasteiger partial charge in [0.1, 0.15) is 0 Å². The summed E-state index contributed by atoms with van der Waals surface area (Å²) in [5, 5.41) is 6.41. The standard InChI is InChI=1S/C13H22N2/c1-10-7-12(3)13(8-11(10)2)5-6-15-9-14-4/h7-8,14-15H,5-6,9H2,1-4H3. The van der Waals surface area contributed by atoms with E-state index in [1.807, 2.05) is 7.05 Å². The minimum atomic E-state index is 0.879. The zero-order chi connectivity index (χ0) is 11.3. The van der Waals surface area contributed by atoms with Gasteiger partial charge in [0.05, 0.1) is 0 Å². The highest BCUT2D eigenvalue weighted by molar-refractivity contribution is 5.36. The second kappa shape index (κ2) is 5.89. The van der Waals surface area contributed by atoms with Crippen molar-refractivity contribution in [1.82, 2.24) is 10.6 Å². The maximum Gasteiger partial charge on any atom is 0.0451 e. The molecular formula is C13H22N2. The first-order valence-corrected chi connectivity index (χ1v) is 5.57. The lowest BCUT2D eigenvalue weighted by atomic mass is 9.99. The van der Waals surface area contributed by atoms with Gasteiger partial charge < -0.3 is 10.6 Å². The smallest absolute Gasteiger partial charge is 0.0451 e. The predicted octanol–water partition coefficient (Wildman–Crippen LogP) is 1.92. The molecule has 2 N–H and O–H groups in total. The normalized spacial score (nSPS) is 10.7. The summed E-state index contributed by atoms with van der Waals surface area (Å²) >= 11 is 0. The van der Waals surface area contributed by atoms with Crippen LogP contribution in [0.5, 0.6) is 0 Å². The molecule has 0 aliphatic rings. The van der Waals surface area contributed by atoms with E-state index >= 15 is 0 Å². The minimum absolute atomic E-state index is 0.879. The molecule has 0 atom stereocenters. The van der Waals surface area contributed by atoms with E-state index in [1.54, 1.807) is 0 Å². The summed E-state index contributed by atoms with van der Waals surface area (Å²) in [6.07, 6.45) is 1.11. The van der Waals surface area contributed by atoms with Gasteiger partial charge in [-0.3, -0.25) is 0 Å². The van der Waals surface area contributed by atoms with E-state index in [1.165, 1.54) is 22.3 Å². The molecule has 1 aromatic rings. The third-order valence-corrected chi connectivity index (χ3v) is 2.83. The molecule has 0 fully saturated rings. The van der Waals surface area contributed by atoms with Gasteiger partial charge in [0, 0.05) is 13.2 Å². The van der Waals surface area contributed by atoms with Gasteiger partial charge in [0.2, 0.25) is 0 Å². The molecule has 0 heterocycles. The molecule has 0 radical (unpaired) electrons. The third-order valence-electron chi connectivity index (χ3n) is 2.83. The number of hydrogen-bond acceptors (Lipinski definition) is 2. The van der Waals surface area contributed by atoms with Crippen LogP contribution in [0.15, 0.2) is 12.1 Å². The van der Waals surface area contributed by atoms with Crippen molar-refractivity contribution >= 4 is 0 Å². The van der Waals surface area contributed by atoms with Crippen molar-refractivity contribution in [3.05, 3.63) is 34.4 Å². The van der Waals surface area contributed by atoms with E-state index in [-0.39, 0.29) is 0 Å². The second-order valence-electron chi connectivity index (χ2n) is 4.14. The number of benzene rings is 1. The number of hydrogen-bond donors (Lipinski definition) is 2. The molecule has 0 saturated heterocycles. The van der Waals surface area contributed by atoms with Crippen LogP contribution in [0.3, 0.4) is 0 Å². The maximum atomic E-state index is 3.33. The predicted molar refractivity (Wildman–Crippen MR) is 66.3 cm³/mol. The minimum Gasteiger partial charge on any atom is -0.308 e. The Morgan fingerprint density at radius 2 is 1.67 bits per heavy atom. The Balaban J connectivity index is 2.57. The lowest BCUT2D eigenvalue weighted by Gasteiger charge is -2.10. The maximum absolute atomic E-state index is 3.33. The van der Waals surface area contributed by atoms with Crippen molar-refractivity contribution in [3.63, 3.8) is 0 Å². The van der Waals surface area contributed by atoms with Crippen LogP contribution < -0.4 is 10.6 Å². The Kier molecular flexibility index (Phi) is 4.79. The van der Waals surface area contributed by atoms with Gasteiger partial charge in [0.25, 0.3) is 0 Å². The molecule has 15 heavy (non-hydrogen) atoms. The molecule has 0 saturated carbocycles. The summed E-state index contributed by atoms with van der Waals surface area (Å²) in [6.45, 7) is 8.46. The van der Waals surface area contributed by atoms with Gasteiger partial charge in [-0.15, -0.1) is 0 Å². The van der Waals surface area contributed by atoms with Crippen molar-refractivity contribution in [2.75, 3.05) is 20.3 Å².